The van der Waals surface area contributed by atoms with Gasteiger partial charge in [0.25, 0.3) is 5.69 Å². The Morgan fingerprint density at radius 3 is 2.08 bits per heavy atom. The Bertz CT molecular complexity index is 599. The summed E-state index contributed by atoms with van der Waals surface area (Å²) >= 11 is 0. The number of ether oxygens (including phenoxy) is 2. The molecule has 1 fully saturated rings. The Labute approximate surface area is 155 Å². The number of benzene rings is 1. The molecule has 146 valence electrons. The molecular formula is C19H30N2O5. The highest BCUT2D eigenvalue weighted by molar-refractivity contribution is 5.68. The van der Waals surface area contributed by atoms with Crippen molar-refractivity contribution in [2.24, 2.45) is 0 Å². The molecule has 0 aromatic heterocycles. The Hall–Kier alpha value is -2.31. The van der Waals surface area contributed by atoms with E-state index in [9.17, 15) is 14.9 Å². The maximum absolute atomic E-state index is 12.1. The second kappa shape index (κ2) is 8.87. The van der Waals surface area contributed by atoms with Gasteiger partial charge in [-0.1, -0.05) is 13.8 Å². The molecule has 0 atom stereocenters. The van der Waals surface area contributed by atoms with Crippen molar-refractivity contribution in [1.82, 2.24) is 4.90 Å². The van der Waals surface area contributed by atoms with E-state index >= 15 is 0 Å². The molecule has 1 aromatic carbocycles. The van der Waals surface area contributed by atoms with Crippen molar-refractivity contribution in [3.8, 4) is 5.75 Å². The summed E-state index contributed by atoms with van der Waals surface area (Å²) in [5.41, 5.74) is -0.880. The minimum Gasteiger partial charge on any atom is -0.487 e. The lowest BCUT2D eigenvalue weighted by Crippen LogP contribution is -2.49. The normalized spacial score (nSPS) is 16.2. The van der Waals surface area contributed by atoms with Gasteiger partial charge in [0.1, 0.15) is 17.0 Å². The van der Waals surface area contributed by atoms with Crippen LogP contribution in [0.25, 0.3) is 0 Å². The van der Waals surface area contributed by atoms with E-state index < -0.39 is 16.1 Å². The number of hydrogen-bond acceptors (Lipinski definition) is 5. The highest BCUT2D eigenvalue weighted by Crippen LogP contribution is 2.30. The monoisotopic (exact) mass is 366 g/mol. The highest BCUT2D eigenvalue weighted by Gasteiger charge is 2.35. The Morgan fingerprint density at radius 1 is 1.15 bits per heavy atom. The summed E-state index contributed by atoms with van der Waals surface area (Å²) in [6.45, 7) is 12.6. The molecule has 0 aliphatic carbocycles. The van der Waals surface area contributed by atoms with E-state index in [4.69, 9.17) is 9.47 Å². The zero-order valence-electron chi connectivity index (χ0n) is 16.6. The minimum absolute atomic E-state index is 0.0345. The van der Waals surface area contributed by atoms with Crippen LogP contribution in [0.15, 0.2) is 24.3 Å². The summed E-state index contributed by atoms with van der Waals surface area (Å²) in [4.78, 5) is 24.0. The van der Waals surface area contributed by atoms with Crippen LogP contribution < -0.4 is 4.74 Å². The van der Waals surface area contributed by atoms with Gasteiger partial charge in [-0.05, 0) is 39.8 Å². The number of rotatable bonds is 3. The Morgan fingerprint density at radius 2 is 1.65 bits per heavy atom. The van der Waals surface area contributed by atoms with Crippen molar-refractivity contribution >= 4 is 11.8 Å². The van der Waals surface area contributed by atoms with E-state index in [1.807, 2.05) is 41.5 Å². The first kappa shape index (κ1) is 21.7. The van der Waals surface area contributed by atoms with E-state index in [1.165, 1.54) is 12.1 Å². The van der Waals surface area contributed by atoms with Crippen LogP contribution in [0, 0.1) is 10.1 Å². The number of nitro groups is 1. The molecule has 1 aliphatic rings. The average molecular weight is 366 g/mol. The van der Waals surface area contributed by atoms with Gasteiger partial charge in [-0.25, -0.2) is 4.79 Å². The van der Waals surface area contributed by atoms with Crippen molar-refractivity contribution in [1.29, 1.82) is 0 Å². The van der Waals surface area contributed by atoms with Gasteiger partial charge in [0.15, 0.2) is 0 Å². The molecule has 0 saturated carbocycles. The molecule has 1 heterocycles. The van der Waals surface area contributed by atoms with Crippen molar-refractivity contribution in [2.75, 3.05) is 13.1 Å². The first-order valence-corrected chi connectivity index (χ1v) is 8.99. The zero-order valence-corrected chi connectivity index (χ0v) is 16.6. The third-order valence-electron chi connectivity index (χ3n) is 3.88. The summed E-state index contributed by atoms with van der Waals surface area (Å²) in [5.74, 6) is 0.591. The molecule has 0 radical (unpaired) electrons. The predicted molar refractivity (Wildman–Crippen MR) is 101 cm³/mol. The van der Waals surface area contributed by atoms with Crippen LogP contribution >= 0.6 is 0 Å². The van der Waals surface area contributed by atoms with Crippen LogP contribution in [0.4, 0.5) is 10.5 Å². The number of piperidine rings is 1. The molecule has 2 rings (SSSR count). The van der Waals surface area contributed by atoms with E-state index in [1.54, 1.807) is 17.0 Å². The van der Waals surface area contributed by atoms with Crippen molar-refractivity contribution < 1.29 is 19.2 Å². The second-order valence-corrected chi connectivity index (χ2v) is 7.27. The summed E-state index contributed by atoms with van der Waals surface area (Å²) in [5, 5.41) is 10.7. The quantitative estimate of drug-likeness (QED) is 0.567. The van der Waals surface area contributed by atoms with Gasteiger partial charge in [-0.15, -0.1) is 0 Å². The maximum Gasteiger partial charge on any atom is 0.410 e. The predicted octanol–water partition coefficient (Wildman–Crippen LogP) is 4.79. The number of nitro benzene ring substituents is 1. The standard InChI is InChI=1S/C17H24N2O5.C2H6/c1-16(2,3)24-15(20)18-11-9-17(4,10-12-18)23-14-7-5-13(6-8-14)19(21)22;1-2/h5-8H,9-12H2,1-4H3;1-2H3. The third kappa shape index (κ3) is 6.54. The van der Waals surface area contributed by atoms with Gasteiger partial charge >= 0.3 is 6.09 Å². The van der Waals surface area contributed by atoms with E-state index in [0.717, 1.165) is 0 Å². The average Bonchev–Trinajstić information content (AvgIpc) is 2.56. The van der Waals surface area contributed by atoms with Crippen LogP contribution in [0.3, 0.4) is 0 Å². The number of amides is 1. The van der Waals surface area contributed by atoms with E-state index in [2.05, 4.69) is 0 Å². The van der Waals surface area contributed by atoms with Crippen molar-refractivity contribution in [2.45, 2.75) is 65.6 Å². The third-order valence-corrected chi connectivity index (χ3v) is 3.88. The fourth-order valence-electron chi connectivity index (χ4n) is 2.51. The fourth-order valence-corrected chi connectivity index (χ4v) is 2.51. The Kier molecular flexibility index (Phi) is 7.41. The zero-order chi connectivity index (χ0) is 20.0. The molecule has 1 aliphatic heterocycles. The lowest BCUT2D eigenvalue weighted by Gasteiger charge is -2.39. The van der Waals surface area contributed by atoms with E-state index in [0.29, 0.717) is 31.7 Å². The number of carbonyl (C=O) groups excluding carboxylic acids is 1. The number of non-ortho nitro benzene ring substituents is 1. The number of nitrogens with zero attached hydrogens (tertiary/aromatic N) is 2. The molecule has 1 aromatic rings. The summed E-state index contributed by atoms with van der Waals surface area (Å²) in [6, 6.07) is 6.05. The molecule has 0 N–H and O–H groups in total. The van der Waals surface area contributed by atoms with Gasteiger partial charge in [0.05, 0.1) is 4.92 Å². The number of carbonyl (C=O) groups is 1. The first-order chi connectivity index (χ1) is 12.1. The molecular weight excluding hydrogens is 336 g/mol. The number of likely N-dealkylation sites (tertiary alicyclic amines) is 1. The van der Waals surface area contributed by atoms with Gasteiger partial charge < -0.3 is 14.4 Å². The SMILES string of the molecule is CC.CC(C)(C)OC(=O)N1CCC(C)(Oc2ccc([N+](=O)[O-])cc2)CC1. The minimum atomic E-state index is -0.507. The van der Waals surface area contributed by atoms with Gasteiger partial charge in [0, 0.05) is 38.1 Å². The van der Waals surface area contributed by atoms with Gasteiger partial charge in [-0.3, -0.25) is 10.1 Å². The molecule has 0 unspecified atom stereocenters. The van der Waals surface area contributed by atoms with Crippen LogP contribution in [-0.4, -0.2) is 40.2 Å². The number of hydrogen-bond donors (Lipinski definition) is 0. The largest absolute Gasteiger partial charge is 0.487 e. The van der Waals surface area contributed by atoms with Gasteiger partial charge in [-0.2, -0.15) is 0 Å². The smallest absolute Gasteiger partial charge is 0.410 e. The fraction of sp³-hybridized carbons (Fsp3) is 0.632. The van der Waals surface area contributed by atoms with E-state index in [-0.39, 0.29) is 11.8 Å². The first-order valence-electron chi connectivity index (χ1n) is 8.99. The summed E-state index contributed by atoms with van der Waals surface area (Å²) < 4.78 is 11.4. The molecule has 26 heavy (non-hydrogen) atoms. The molecule has 0 bridgehead atoms. The lowest BCUT2D eigenvalue weighted by molar-refractivity contribution is -0.384. The van der Waals surface area contributed by atoms with Crippen molar-refractivity contribution in [3.63, 3.8) is 0 Å². The molecule has 7 heteroatoms. The lowest BCUT2D eigenvalue weighted by atomic mass is 9.93. The maximum atomic E-state index is 12.1. The molecule has 1 saturated heterocycles. The second-order valence-electron chi connectivity index (χ2n) is 7.27. The van der Waals surface area contributed by atoms with Crippen molar-refractivity contribution in [3.05, 3.63) is 34.4 Å². The van der Waals surface area contributed by atoms with Crippen LogP contribution in [0.1, 0.15) is 54.4 Å². The molecule has 7 nitrogen and oxygen atoms in total. The summed E-state index contributed by atoms with van der Waals surface area (Å²) in [6.07, 6.45) is 1.03. The van der Waals surface area contributed by atoms with Crippen LogP contribution in [0.2, 0.25) is 0 Å². The van der Waals surface area contributed by atoms with Crippen LogP contribution in [-0.2, 0) is 4.74 Å². The summed E-state index contributed by atoms with van der Waals surface area (Å²) in [7, 11) is 0. The molecule has 1 amide bonds. The Balaban J connectivity index is 0.00000163. The molecule has 0 spiro atoms. The van der Waals surface area contributed by atoms with Gasteiger partial charge in [0.2, 0.25) is 0 Å². The highest BCUT2D eigenvalue weighted by atomic mass is 16.6. The topological polar surface area (TPSA) is 81.9 Å². The van der Waals surface area contributed by atoms with Crippen LogP contribution in [0.5, 0.6) is 5.75 Å².